The van der Waals surface area contributed by atoms with Gasteiger partial charge >= 0.3 is 0 Å². The second kappa shape index (κ2) is 6.26. The van der Waals surface area contributed by atoms with Crippen LogP contribution in [0, 0.1) is 5.82 Å². The van der Waals surface area contributed by atoms with Crippen LogP contribution < -0.4 is 9.47 Å². The van der Waals surface area contributed by atoms with Crippen molar-refractivity contribution in [3.63, 3.8) is 0 Å². The van der Waals surface area contributed by atoms with Crippen molar-refractivity contribution in [2.24, 2.45) is 0 Å². The number of hydrogen-bond acceptors (Lipinski definition) is 3. The highest BCUT2D eigenvalue weighted by atomic mass is 35.5. The van der Waals surface area contributed by atoms with Gasteiger partial charge in [-0.15, -0.1) is 0 Å². The minimum absolute atomic E-state index is 0.0665. The topological polar surface area (TPSA) is 38.8 Å². The molecule has 23 heavy (non-hydrogen) atoms. The molecular formula is C16H12Cl2FNO3. The number of fused-ring (bicyclic) bond motifs is 1. The van der Waals surface area contributed by atoms with E-state index in [0.717, 1.165) is 11.6 Å². The van der Waals surface area contributed by atoms with Gasteiger partial charge in [0.2, 0.25) is 6.79 Å². The van der Waals surface area contributed by atoms with Crippen LogP contribution in [-0.4, -0.2) is 24.6 Å². The van der Waals surface area contributed by atoms with Crippen LogP contribution in [0.1, 0.15) is 15.9 Å². The molecule has 120 valence electrons. The summed E-state index contributed by atoms with van der Waals surface area (Å²) < 4.78 is 24.1. The standard InChI is InChI=1S/C16H12Cl2FNO3/c1-20(7-9-2-3-14-15(4-9)23-8-22-14)16(21)10-5-13(19)12(18)6-11(10)17/h2-6H,7-8H2,1H3. The van der Waals surface area contributed by atoms with E-state index in [-0.39, 0.29) is 22.4 Å². The second-order valence-corrected chi connectivity index (χ2v) is 5.91. The Labute approximate surface area is 142 Å². The minimum atomic E-state index is -0.684. The fourth-order valence-corrected chi connectivity index (χ4v) is 2.74. The molecule has 0 spiro atoms. The maximum Gasteiger partial charge on any atom is 0.255 e. The van der Waals surface area contributed by atoms with E-state index in [0.29, 0.717) is 18.0 Å². The number of nitrogens with zero attached hydrogens (tertiary/aromatic N) is 1. The summed E-state index contributed by atoms with van der Waals surface area (Å²) >= 11 is 11.6. The molecule has 0 unspecified atom stereocenters. The zero-order valence-corrected chi connectivity index (χ0v) is 13.6. The van der Waals surface area contributed by atoms with Crippen LogP contribution in [0.15, 0.2) is 30.3 Å². The highest BCUT2D eigenvalue weighted by Gasteiger charge is 2.19. The number of benzene rings is 2. The van der Waals surface area contributed by atoms with E-state index in [9.17, 15) is 9.18 Å². The SMILES string of the molecule is CN(Cc1ccc2c(c1)OCO2)C(=O)c1cc(F)c(Cl)cc1Cl. The number of ether oxygens (including phenoxy) is 2. The molecule has 3 rings (SSSR count). The van der Waals surface area contributed by atoms with Gasteiger partial charge in [-0.3, -0.25) is 4.79 Å². The van der Waals surface area contributed by atoms with Crippen LogP contribution >= 0.6 is 23.2 Å². The Morgan fingerprint density at radius 3 is 2.70 bits per heavy atom. The first-order chi connectivity index (χ1) is 11.0. The summed E-state index contributed by atoms with van der Waals surface area (Å²) in [6, 6.07) is 7.69. The first-order valence-corrected chi connectivity index (χ1v) is 7.50. The lowest BCUT2D eigenvalue weighted by atomic mass is 10.1. The van der Waals surface area contributed by atoms with Crippen LogP contribution in [0.2, 0.25) is 10.0 Å². The lowest BCUT2D eigenvalue weighted by Crippen LogP contribution is -2.26. The lowest BCUT2D eigenvalue weighted by Gasteiger charge is -2.18. The van der Waals surface area contributed by atoms with Gasteiger partial charge in [0.05, 0.1) is 15.6 Å². The van der Waals surface area contributed by atoms with Gasteiger partial charge in [-0.05, 0) is 29.8 Å². The number of rotatable bonds is 3. The lowest BCUT2D eigenvalue weighted by molar-refractivity contribution is 0.0784. The summed E-state index contributed by atoms with van der Waals surface area (Å²) in [5.74, 6) is 0.226. The van der Waals surface area contributed by atoms with Crippen molar-refractivity contribution in [2.45, 2.75) is 6.54 Å². The molecule has 1 aliphatic rings. The monoisotopic (exact) mass is 355 g/mol. The van der Waals surface area contributed by atoms with Crippen LogP contribution in [0.3, 0.4) is 0 Å². The minimum Gasteiger partial charge on any atom is -0.454 e. The maximum atomic E-state index is 13.6. The Morgan fingerprint density at radius 2 is 1.91 bits per heavy atom. The fourth-order valence-electron chi connectivity index (χ4n) is 2.28. The molecule has 0 saturated carbocycles. The van der Waals surface area contributed by atoms with Gasteiger partial charge in [0.1, 0.15) is 5.82 Å². The normalized spacial score (nSPS) is 12.3. The average Bonchev–Trinajstić information content (AvgIpc) is 2.97. The molecule has 0 bridgehead atoms. The van der Waals surface area contributed by atoms with Gasteiger partial charge in [0, 0.05) is 13.6 Å². The largest absolute Gasteiger partial charge is 0.454 e. The first kappa shape index (κ1) is 15.9. The smallest absolute Gasteiger partial charge is 0.255 e. The fraction of sp³-hybridized carbons (Fsp3) is 0.188. The van der Waals surface area contributed by atoms with Crippen LogP contribution in [-0.2, 0) is 6.54 Å². The zero-order valence-electron chi connectivity index (χ0n) is 12.1. The molecule has 0 saturated heterocycles. The summed E-state index contributed by atoms with van der Waals surface area (Å²) in [7, 11) is 1.61. The van der Waals surface area contributed by atoms with Crippen molar-refractivity contribution in [2.75, 3.05) is 13.8 Å². The third-order valence-corrected chi connectivity index (χ3v) is 4.05. The van der Waals surface area contributed by atoms with Gasteiger partial charge in [0.15, 0.2) is 11.5 Å². The third kappa shape index (κ3) is 3.21. The molecule has 7 heteroatoms. The van der Waals surface area contributed by atoms with E-state index < -0.39 is 11.7 Å². The van der Waals surface area contributed by atoms with Gasteiger partial charge in [-0.25, -0.2) is 4.39 Å². The van der Waals surface area contributed by atoms with E-state index >= 15 is 0 Å². The van der Waals surface area contributed by atoms with Crippen molar-refractivity contribution < 1.29 is 18.7 Å². The Hall–Kier alpha value is -1.98. The maximum absolute atomic E-state index is 13.6. The predicted molar refractivity (Wildman–Crippen MR) is 84.8 cm³/mol. The van der Waals surface area contributed by atoms with E-state index in [2.05, 4.69) is 0 Å². The molecule has 0 radical (unpaired) electrons. The van der Waals surface area contributed by atoms with Gasteiger partial charge < -0.3 is 14.4 Å². The molecule has 0 aromatic heterocycles. The Balaban J connectivity index is 1.79. The average molecular weight is 356 g/mol. The molecule has 1 heterocycles. The Bertz CT molecular complexity index is 782. The molecule has 0 atom stereocenters. The first-order valence-electron chi connectivity index (χ1n) is 6.74. The van der Waals surface area contributed by atoms with Crippen molar-refractivity contribution in [1.29, 1.82) is 0 Å². The van der Waals surface area contributed by atoms with Gasteiger partial charge in [-0.2, -0.15) is 0 Å². The van der Waals surface area contributed by atoms with Crippen LogP contribution in [0.4, 0.5) is 4.39 Å². The van der Waals surface area contributed by atoms with Gasteiger partial charge in [-0.1, -0.05) is 29.3 Å². The molecule has 1 aliphatic heterocycles. The van der Waals surface area contributed by atoms with Gasteiger partial charge in [0.25, 0.3) is 5.91 Å². The van der Waals surface area contributed by atoms with Crippen LogP contribution in [0.25, 0.3) is 0 Å². The summed E-state index contributed by atoms with van der Waals surface area (Å²) in [5, 5.41) is -0.0103. The van der Waals surface area contributed by atoms with Crippen molar-refractivity contribution >= 4 is 29.1 Å². The Kier molecular flexibility index (Phi) is 4.33. The molecule has 0 aliphatic carbocycles. The van der Waals surface area contributed by atoms with Crippen molar-refractivity contribution in [3.8, 4) is 11.5 Å². The number of amides is 1. The molecule has 2 aromatic rings. The summed E-state index contributed by atoms with van der Waals surface area (Å²) in [6.45, 7) is 0.503. The second-order valence-electron chi connectivity index (χ2n) is 5.09. The molecule has 0 fully saturated rings. The van der Waals surface area contributed by atoms with Crippen molar-refractivity contribution in [3.05, 3.63) is 57.3 Å². The highest BCUT2D eigenvalue weighted by molar-refractivity contribution is 6.36. The molecule has 4 nitrogen and oxygen atoms in total. The number of hydrogen-bond donors (Lipinski definition) is 0. The summed E-state index contributed by atoms with van der Waals surface area (Å²) in [6.07, 6.45) is 0. The molecule has 0 N–H and O–H groups in total. The predicted octanol–water partition coefficient (Wildman–Crippen LogP) is 4.13. The number of halogens is 3. The summed E-state index contributed by atoms with van der Waals surface area (Å²) in [5.41, 5.74) is 0.924. The van der Waals surface area contributed by atoms with E-state index in [4.69, 9.17) is 32.7 Å². The molecule has 1 amide bonds. The molecular weight excluding hydrogens is 344 g/mol. The highest BCUT2D eigenvalue weighted by Crippen LogP contribution is 2.33. The van der Waals surface area contributed by atoms with E-state index in [1.165, 1.54) is 11.0 Å². The number of carbonyl (C=O) groups is 1. The van der Waals surface area contributed by atoms with Crippen molar-refractivity contribution in [1.82, 2.24) is 4.90 Å². The summed E-state index contributed by atoms with van der Waals surface area (Å²) in [4.78, 5) is 13.9. The van der Waals surface area contributed by atoms with Crippen LogP contribution in [0.5, 0.6) is 11.5 Å². The van der Waals surface area contributed by atoms with E-state index in [1.54, 1.807) is 19.2 Å². The Morgan fingerprint density at radius 1 is 1.17 bits per heavy atom. The number of carbonyl (C=O) groups excluding carboxylic acids is 1. The zero-order chi connectivity index (χ0) is 16.6. The third-order valence-electron chi connectivity index (χ3n) is 3.44. The molecule has 2 aromatic carbocycles. The van der Waals surface area contributed by atoms with E-state index in [1.807, 2.05) is 6.07 Å². The quantitative estimate of drug-likeness (QED) is 0.777.